The van der Waals surface area contributed by atoms with Gasteiger partial charge in [-0.3, -0.25) is 0 Å². The largest absolute Gasteiger partial charge is 0.330 e. The number of hydrogen-bond donors (Lipinski definition) is 1. The Labute approximate surface area is 95.3 Å². The maximum atomic E-state index is 5.51. The van der Waals surface area contributed by atoms with E-state index in [0.29, 0.717) is 0 Å². The van der Waals surface area contributed by atoms with Crippen molar-refractivity contribution in [3.8, 4) is 0 Å². The highest BCUT2D eigenvalue weighted by atomic mass is 32.1. The molecule has 1 aromatic rings. The Kier molecular flexibility index (Phi) is 4.11. The molecule has 2 N–H and O–H groups in total. The van der Waals surface area contributed by atoms with E-state index in [1.54, 1.807) is 0 Å². The molecule has 15 heavy (non-hydrogen) atoms. The van der Waals surface area contributed by atoms with Crippen LogP contribution in [0.5, 0.6) is 0 Å². The highest BCUT2D eigenvalue weighted by Gasteiger charge is 2.11. The summed E-state index contributed by atoms with van der Waals surface area (Å²) in [4.78, 5) is 8.29. The van der Waals surface area contributed by atoms with Gasteiger partial charge in [-0.25, -0.2) is 4.98 Å². The summed E-state index contributed by atoms with van der Waals surface area (Å²) in [6.07, 6.45) is 6.81. The third kappa shape index (κ3) is 3.26. The standard InChI is InChI=1S/C11H19N3S/c12-5-3-10-9-13-11(15-10)4-8-14-6-1-2-7-14/h9H,1-8,12H2. The minimum absolute atomic E-state index is 0.730. The van der Waals surface area contributed by atoms with E-state index >= 15 is 0 Å². The molecule has 0 radical (unpaired) electrons. The van der Waals surface area contributed by atoms with Gasteiger partial charge in [0.05, 0.1) is 5.01 Å². The lowest BCUT2D eigenvalue weighted by Crippen LogP contribution is -2.21. The Hall–Kier alpha value is -0.450. The quantitative estimate of drug-likeness (QED) is 0.821. The molecule has 0 unspecified atom stereocenters. The highest BCUT2D eigenvalue weighted by molar-refractivity contribution is 7.11. The molecule has 1 saturated heterocycles. The molecule has 0 aliphatic carbocycles. The van der Waals surface area contributed by atoms with Crippen LogP contribution in [0.4, 0.5) is 0 Å². The summed E-state index contributed by atoms with van der Waals surface area (Å²) in [5, 5.41) is 1.27. The highest BCUT2D eigenvalue weighted by Crippen LogP contribution is 2.15. The Balaban J connectivity index is 1.77. The van der Waals surface area contributed by atoms with Crippen molar-refractivity contribution in [1.82, 2.24) is 9.88 Å². The molecule has 2 heterocycles. The molecule has 0 spiro atoms. The summed E-state index contributed by atoms with van der Waals surface area (Å²) in [5.74, 6) is 0. The molecule has 3 nitrogen and oxygen atoms in total. The molecular formula is C11H19N3S. The number of rotatable bonds is 5. The number of thiazole rings is 1. The van der Waals surface area contributed by atoms with Gasteiger partial charge in [0.25, 0.3) is 0 Å². The van der Waals surface area contributed by atoms with Gasteiger partial charge in [0, 0.05) is 24.0 Å². The summed E-state index contributed by atoms with van der Waals surface area (Å²) in [5.41, 5.74) is 5.51. The van der Waals surface area contributed by atoms with Crippen LogP contribution in [-0.2, 0) is 12.8 Å². The smallest absolute Gasteiger partial charge is 0.0940 e. The average Bonchev–Trinajstić information content (AvgIpc) is 2.85. The van der Waals surface area contributed by atoms with Crippen LogP contribution in [0.1, 0.15) is 22.7 Å². The topological polar surface area (TPSA) is 42.1 Å². The lowest BCUT2D eigenvalue weighted by Gasteiger charge is -2.12. The van der Waals surface area contributed by atoms with Gasteiger partial charge in [-0.1, -0.05) is 0 Å². The summed E-state index contributed by atoms with van der Waals surface area (Å²) < 4.78 is 0. The second kappa shape index (κ2) is 5.58. The van der Waals surface area contributed by atoms with Gasteiger partial charge in [-0.2, -0.15) is 0 Å². The van der Waals surface area contributed by atoms with Crippen molar-refractivity contribution in [2.75, 3.05) is 26.2 Å². The van der Waals surface area contributed by atoms with Gasteiger partial charge in [-0.05, 0) is 38.9 Å². The Bertz CT molecular complexity index is 292. The zero-order chi connectivity index (χ0) is 10.5. The molecule has 1 fully saturated rings. The number of nitrogens with two attached hydrogens (primary N) is 1. The minimum Gasteiger partial charge on any atom is -0.330 e. The van der Waals surface area contributed by atoms with E-state index < -0.39 is 0 Å². The number of likely N-dealkylation sites (tertiary alicyclic amines) is 1. The first-order valence-electron chi connectivity index (χ1n) is 5.74. The van der Waals surface area contributed by atoms with Crippen LogP contribution >= 0.6 is 11.3 Å². The van der Waals surface area contributed by atoms with E-state index in [0.717, 1.165) is 19.4 Å². The maximum absolute atomic E-state index is 5.51. The first kappa shape index (κ1) is 11.0. The van der Waals surface area contributed by atoms with E-state index in [1.165, 1.54) is 42.4 Å². The minimum atomic E-state index is 0.730. The number of nitrogens with zero attached hydrogens (tertiary/aromatic N) is 2. The van der Waals surface area contributed by atoms with Crippen LogP contribution in [0.3, 0.4) is 0 Å². The zero-order valence-corrected chi connectivity index (χ0v) is 9.93. The fraction of sp³-hybridized carbons (Fsp3) is 0.727. The molecule has 2 rings (SSSR count). The third-order valence-corrected chi connectivity index (χ3v) is 3.95. The van der Waals surface area contributed by atoms with Crippen molar-refractivity contribution in [3.05, 3.63) is 16.1 Å². The van der Waals surface area contributed by atoms with E-state index in [2.05, 4.69) is 9.88 Å². The van der Waals surface area contributed by atoms with Crippen LogP contribution in [-0.4, -0.2) is 36.1 Å². The summed E-state index contributed by atoms with van der Waals surface area (Å²) in [7, 11) is 0. The molecule has 84 valence electrons. The van der Waals surface area contributed by atoms with Crippen LogP contribution in [0.2, 0.25) is 0 Å². The van der Waals surface area contributed by atoms with E-state index in [9.17, 15) is 0 Å². The van der Waals surface area contributed by atoms with Gasteiger partial charge >= 0.3 is 0 Å². The van der Waals surface area contributed by atoms with Gasteiger partial charge in [0.2, 0.25) is 0 Å². The predicted molar refractivity (Wildman–Crippen MR) is 64.3 cm³/mol. The SMILES string of the molecule is NCCc1cnc(CCN2CCCC2)s1. The molecule has 0 amide bonds. The van der Waals surface area contributed by atoms with E-state index in [4.69, 9.17) is 5.73 Å². The van der Waals surface area contributed by atoms with Crippen molar-refractivity contribution in [2.45, 2.75) is 25.7 Å². The Morgan fingerprint density at radius 2 is 2.13 bits per heavy atom. The molecule has 4 heteroatoms. The Morgan fingerprint density at radius 3 is 2.87 bits per heavy atom. The zero-order valence-electron chi connectivity index (χ0n) is 9.11. The molecule has 1 aliphatic heterocycles. The van der Waals surface area contributed by atoms with E-state index in [1.807, 2.05) is 17.5 Å². The molecule has 0 atom stereocenters. The van der Waals surface area contributed by atoms with Crippen LogP contribution in [0, 0.1) is 0 Å². The van der Waals surface area contributed by atoms with Crippen molar-refractivity contribution >= 4 is 11.3 Å². The monoisotopic (exact) mass is 225 g/mol. The van der Waals surface area contributed by atoms with Crippen LogP contribution < -0.4 is 5.73 Å². The van der Waals surface area contributed by atoms with Crippen molar-refractivity contribution in [2.24, 2.45) is 5.73 Å². The molecule has 1 aliphatic rings. The van der Waals surface area contributed by atoms with Crippen molar-refractivity contribution in [3.63, 3.8) is 0 Å². The average molecular weight is 225 g/mol. The fourth-order valence-electron chi connectivity index (χ4n) is 1.98. The predicted octanol–water partition coefficient (Wildman–Crippen LogP) is 1.28. The first-order valence-corrected chi connectivity index (χ1v) is 6.56. The molecule has 0 bridgehead atoms. The van der Waals surface area contributed by atoms with Crippen molar-refractivity contribution < 1.29 is 0 Å². The molecule has 1 aromatic heterocycles. The van der Waals surface area contributed by atoms with Crippen LogP contribution in [0.25, 0.3) is 0 Å². The molecule has 0 aromatic carbocycles. The summed E-state index contributed by atoms with van der Waals surface area (Å²) in [6, 6.07) is 0. The molecular weight excluding hydrogens is 206 g/mol. The van der Waals surface area contributed by atoms with Crippen molar-refractivity contribution in [1.29, 1.82) is 0 Å². The fourth-order valence-corrected chi connectivity index (χ4v) is 2.91. The third-order valence-electron chi connectivity index (χ3n) is 2.83. The van der Waals surface area contributed by atoms with Gasteiger partial charge in [0.1, 0.15) is 0 Å². The molecule has 0 saturated carbocycles. The van der Waals surface area contributed by atoms with Gasteiger partial charge < -0.3 is 10.6 Å². The lowest BCUT2D eigenvalue weighted by molar-refractivity contribution is 0.343. The normalized spacial score (nSPS) is 17.4. The second-order valence-electron chi connectivity index (χ2n) is 4.06. The maximum Gasteiger partial charge on any atom is 0.0940 e. The van der Waals surface area contributed by atoms with Gasteiger partial charge in [0.15, 0.2) is 0 Å². The van der Waals surface area contributed by atoms with Gasteiger partial charge in [-0.15, -0.1) is 11.3 Å². The summed E-state index contributed by atoms with van der Waals surface area (Å²) in [6.45, 7) is 4.46. The second-order valence-corrected chi connectivity index (χ2v) is 5.26. The van der Waals surface area contributed by atoms with Crippen LogP contribution in [0.15, 0.2) is 6.20 Å². The lowest BCUT2D eigenvalue weighted by atomic mass is 10.4. The Morgan fingerprint density at radius 1 is 1.33 bits per heavy atom. The van der Waals surface area contributed by atoms with E-state index in [-0.39, 0.29) is 0 Å². The number of aromatic nitrogens is 1. The number of hydrogen-bond acceptors (Lipinski definition) is 4. The first-order chi connectivity index (χ1) is 7.38. The summed E-state index contributed by atoms with van der Waals surface area (Å²) >= 11 is 1.82.